The van der Waals surface area contributed by atoms with E-state index in [0.29, 0.717) is 0 Å². The van der Waals surface area contributed by atoms with Crippen molar-refractivity contribution in [2.24, 2.45) is 0 Å². The first kappa shape index (κ1) is 8.54. The smallest absolute Gasteiger partial charge is 0.133 e. The van der Waals surface area contributed by atoms with E-state index in [4.69, 9.17) is 4.42 Å². The molecule has 1 heterocycles. The molecular weight excluding hydrogens is 184 g/mol. The second-order valence-corrected chi connectivity index (χ2v) is 3.98. The Bertz CT molecular complexity index is 532. The van der Waals surface area contributed by atoms with Gasteiger partial charge in [-0.25, -0.2) is 0 Å². The van der Waals surface area contributed by atoms with Crippen LogP contribution in [0.4, 0.5) is 0 Å². The molecule has 0 radical (unpaired) electrons. The van der Waals surface area contributed by atoms with Crippen LogP contribution in [0.3, 0.4) is 0 Å². The van der Waals surface area contributed by atoms with Gasteiger partial charge in [-0.15, -0.1) is 0 Å². The lowest BCUT2D eigenvalue weighted by molar-refractivity contribution is 0.550. The molecule has 1 nitrogen and oxygen atoms in total. The third-order valence-corrected chi connectivity index (χ3v) is 2.92. The SMILES string of the molecule is Cc1ccoc1C1=Cc2ccccc2C1. The van der Waals surface area contributed by atoms with Gasteiger partial charge in [0.15, 0.2) is 0 Å². The quantitative estimate of drug-likeness (QED) is 0.678. The first-order valence-corrected chi connectivity index (χ1v) is 5.17. The van der Waals surface area contributed by atoms with Crippen LogP contribution < -0.4 is 0 Å². The largest absolute Gasteiger partial charge is 0.464 e. The predicted molar refractivity (Wildman–Crippen MR) is 61.5 cm³/mol. The number of rotatable bonds is 1. The summed E-state index contributed by atoms with van der Waals surface area (Å²) in [6.45, 7) is 2.09. The summed E-state index contributed by atoms with van der Waals surface area (Å²) in [5.74, 6) is 1.03. The van der Waals surface area contributed by atoms with Crippen LogP contribution >= 0.6 is 0 Å². The van der Waals surface area contributed by atoms with Crippen LogP contribution in [-0.2, 0) is 6.42 Å². The van der Waals surface area contributed by atoms with Crippen molar-refractivity contribution >= 4 is 11.6 Å². The average molecular weight is 196 g/mol. The van der Waals surface area contributed by atoms with Gasteiger partial charge in [-0.2, -0.15) is 0 Å². The summed E-state index contributed by atoms with van der Waals surface area (Å²) >= 11 is 0. The van der Waals surface area contributed by atoms with Gasteiger partial charge in [0.2, 0.25) is 0 Å². The molecule has 15 heavy (non-hydrogen) atoms. The minimum atomic E-state index is 0.991. The Balaban J connectivity index is 2.05. The zero-order valence-corrected chi connectivity index (χ0v) is 8.66. The molecule has 0 amide bonds. The first-order chi connectivity index (χ1) is 7.34. The van der Waals surface area contributed by atoms with E-state index in [1.54, 1.807) is 6.26 Å². The van der Waals surface area contributed by atoms with Crippen LogP contribution in [-0.4, -0.2) is 0 Å². The summed E-state index contributed by atoms with van der Waals surface area (Å²) in [5.41, 5.74) is 5.22. The Kier molecular flexibility index (Phi) is 1.78. The molecule has 0 aliphatic heterocycles. The zero-order chi connectivity index (χ0) is 10.3. The molecule has 2 aromatic rings. The minimum Gasteiger partial charge on any atom is -0.464 e. The maximum Gasteiger partial charge on any atom is 0.133 e. The standard InChI is InChI=1S/C14H12O/c1-10-6-7-15-14(10)13-8-11-4-2-3-5-12(11)9-13/h2-8H,9H2,1H3. The van der Waals surface area contributed by atoms with Gasteiger partial charge in [-0.3, -0.25) is 0 Å². The van der Waals surface area contributed by atoms with Gasteiger partial charge in [-0.05, 0) is 35.8 Å². The van der Waals surface area contributed by atoms with E-state index in [1.807, 2.05) is 6.07 Å². The molecule has 0 saturated carbocycles. The summed E-state index contributed by atoms with van der Waals surface area (Å²) in [6.07, 6.45) is 4.97. The van der Waals surface area contributed by atoms with E-state index in [9.17, 15) is 0 Å². The summed E-state index contributed by atoms with van der Waals surface area (Å²) in [5, 5.41) is 0. The van der Waals surface area contributed by atoms with Crippen molar-refractivity contribution < 1.29 is 4.42 Å². The second kappa shape index (κ2) is 3.13. The van der Waals surface area contributed by atoms with Crippen molar-refractivity contribution in [1.82, 2.24) is 0 Å². The highest BCUT2D eigenvalue weighted by Gasteiger charge is 2.16. The fourth-order valence-corrected chi connectivity index (χ4v) is 2.13. The molecule has 0 atom stereocenters. The van der Waals surface area contributed by atoms with E-state index in [-0.39, 0.29) is 0 Å². The molecule has 74 valence electrons. The van der Waals surface area contributed by atoms with Gasteiger partial charge in [0, 0.05) is 12.0 Å². The first-order valence-electron chi connectivity index (χ1n) is 5.17. The fourth-order valence-electron chi connectivity index (χ4n) is 2.13. The molecular formula is C14H12O. The Labute approximate surface area is 89.0 Å². The second-order valence-electron chi connectivity index (χ2n) is 3.98. The van der Waals surface area contributed by atoms with E-state index < -0.39 is 0 Å². The van der Waals surface area contributed by atoms with Crippen LogP contribution in [0.15, 0.2) is 41.0 Å². The van der Waals surface area contributed by atoms with Crippen molar-refractivity contribution in [3.63, 3.8) is 0 Å². The molecule has 0 N–H and O–H groups in total. The van der Waals surface area contributed by atoms with E-state index >= 15 is 0 Å². The van der Waals surface area contributed by atoms with Gasteiger partial charge >= 0.3 is 0 Å². The molecule has 1 aliphatic carbocycles. The van der Waals surface area contributed by atoms with Gasteiger partial charge < -0.3 is 4.42 Å². The highest BCUT2D eigenvalue weighted by molar-refractivity contribution is 5.87. The van der Waals surface area contributed by atoms with E-state index in [2.05, 4.69) is 37.3 Å². The molecule has 0 bridgehead atoms. The lowest BCUT2D eigenvalue weighted by atomic mass is 10.1. The molecule has 1 aromatic carbocycles. The molecule has 1 aliphatic rings. The van der Waals surface area contributed by atoms with Crippen molar-refractivity contribution in [2.75, 3.05) is 0 Å². The number of fused-ring (bicyclic) bond motifs is 1. The maximum absolute atomic E-state index is 5.51. The normalized spacial score (nSPS) is 13.8. The molecule has 0 unspecified atom stereocenters. The van der Waals surface area contributed by atoms with Crippen molar-refractivity contribution in [1.29, 1.82) is 0 Å². The van der Waals surface area contributed by atoms with E-state index in [0.717, 1.165) is 12.2 Å². The summed E-state index contributed by atoms with van der Waals surface area (Å²) in [4.78, 5) is 0. The monoisotopic (exact) mass is 196 g/mol. The van der Waals surface area contributed by atoms with Crippen LogP contribution in [0.1, 0.15) is 22.5 Å². The minimum absolute atomic E-state index is 0.991. The zero-order valence-electron chi connectivity index (χ0n) is 8.66. The predicted octanol–water partition coefficient (Wildman–Crippen LogP) is 3.68. The number of aryl methyl sites for hydroxylation is 1. The average Bonchev–Trinajstić information content (AvgIpc) is 2.82. The Morgan fingerprint density at radius 3 is 2.73 bits per heavy atom. The number of furan rings is 1. The number of benzene rings is 1. The summed E-state index contributed by atoms with van der Waals surface area (Å²) < 4.78 is 5.51. The van der Waals surface area contributed by atoms with Crippen LogP contribution in [0.25, 0.3) is 11.6 Å². The molecule has 0 spiro atoms. The highest BCUT2D eigenvalue weighted by atomic mass is 16.3. The summed E-state index contributed by atoms with van der Waals surface area (Å²) in [6, 6.07) is 10.5. The van der Waals surface area contributed by atoms with Crippen LogP contribution in [0.5, 0.6) is 0 Å². The number of allylic oxidation sites excluding steroid dienone is 1. The van der Waals surface area contributed by atoms with Gasteiger partial charge in [0.05, 0.1) is 6.26 Å². The van der Waals surface area contributed by atoms with Gasteiger partial charge in [0.1, 0.15) is 5.76 Å². The summed E-state index contributed by atoms with van der Waals surface area (Å²) in [7, 11) is 0. The van der Waals surface area contributed by atoms with E-state index in [1.165, 1.54) is 22.3 Å². The van der Waals surface area contributed by atoms with Gasteiger partial charge in [0.25, 0.3) is 0 Å². The third-order valence-electron chi connectivity index (χ3n) is 2.92. The molecule has 1 heteroatoms. The van der Waals surface area contributed by atoms with Crippen LogP contribution in [0, 0.1) is 6.92 Å². The third kappa shape index (κ3) is 1.32. The Morgan fingerprint density at radius 1 is 1.13 bits per heavy atom. The topological polar surface area (TPSA) is 13.1 Å². The lowest BCUT2D eigenvalue weighted by Gasteiger charge is -1.98. The fraction of sp³-hybridized carbons (Fsp3) is 0.143. The van der Waals surface area contributed by atoms with Crippen molar-refractivity contribution in [3.05, 3.63) is 59.0 Å². The number of hydrogen-bond acceptors (Lipinski definition) is 1. The Morgan fingerprint density at radius 2 is 2.00 bits per heavy atom. The van der Waals surface area contributed by atoms with Gasteiger partial charge in [-0.1, -0.05) is 24.3 Å². The molecule has 3 rings (SSSR count). The molecule has 0 fully saturated rings. The molecule has 0 saturated heterocycles. The maximum atomic E-state index is 5.51. The highest BCUT2D eigenvalue weighted by Crippen LogP contribution is 2.32. The van der Waals surface area contributed by atoms with Crippen LogP contribution in [0.2, 0.25) is 0 Å². The lowest BCUT2D eigenvalue weighted by Crippen LogP contribution is -1.84. The van der Waals surface area contributed by atoms with Crippen molar-refractivity contribution in [2.45, 2.75) is 13.3 Å². The Hall–Kier alpha value is -1.76. The molecule has 1 aromatic heterocycles. The van der Waals surface area contributed by atoms with Crippen molar-refractivity contribution in [3.8, 4) is 0 Å². The number of hydrogen-bond donors (Lipinski definition) is 0.